The second kappa shape index (κ2) is 7.16. The highest BCUT2D eigenvalue weighted by atomic mass is 16.3. The lowest BCUT2D eigenvalue weighted by Crippen LogP contribution is -2.49. The van der Waals surface area contributed by atoms with Crippen molar-refractivity contribution in [3.8, 4) is 11.4 Å². The Morgan fingerprint density at radius 1 is 1.07 bits per heavy atom. The highest BCUT2D eigenvalue weighted by Crippen LogP contribution is 2.31. The third-order valence-electron chi connectivity index (χ3n) is 4.88. The van der Waals surface area contributed by atoms with E-state index in [4.69, 9.17) is 0 Å². The summed E-state index contributed by atoms with van der Waals surface area (Å²) in [7, 11) is 0. The first kappa shape index (κ1) is 18.3. The van der Waals surface area contributed by atoms with Gasteiger partial charge in [0, 0.05) is 36.5 Å². The van der Waals surface area contributed by atoms with Gasteiger partial charge in [-0.2, -0.15) is 9.97 Å². The molecule has 0 spiro atoms. The van der Waals surface area contributed by atoms with Gasteiger partial charge >= 0.3 is 5.69 Å². The maximum absolute atomic E-state index is 12.8. The molecule has 28 heavy (non-hydrogen) atoms. The summed E-state index contributed by atoms with van der Waals surface area (Å²) in [6.07, 6.45) is 2.61. The molecule has 0 radical (unpaired) electrons. The van der Waals surface area contributed by atoms with Crippen molar-refractivity contribution >= 4 is 5.95 Å². The van der Waals surface area contributed by atoms with Crippen LogP contribution in [0.5, 0.6) is 0 Å². The van der Waals surface area contributed by atoms with Crippen molar-refractivity contribution in [1.29, 1.82) is 0 Å². The summed E-state index contributed by atoms with van der Waals surface area (Å²) >= 11 is 0. The average molecular weight is 377 g/mol. The Balaban J connectivity index is 1.74. The van der Waals surface area contributed by atoms with Crippen molar-refractivity contribution < 1.29 is 5.11 Å². The van der Waals surface area contributed by atoms with Crippen molar-refractivity contribution in [3.05, 3.63) is 70.9 Å². The summed E-state index contributed by atoms with van der Waals surface area (Å²) in [6.45, 7) is 5.76. The van der Waals surface area contributed by atoms with E-state index in [1.807, 2.05) is 35.2 Å². The van der Waals surface area contributed by atoms with E-state index in [1.54, 1.807) is 29.1 Å². The van der Waals surface area contributed by atoms with Crippen LogP contribution in [0.15, 0.2) is 59.7 Å². The van der Waals surface area contributed by atoms with Gasteiger partial charge in [0.15, 0.2) is 5.82 Å². The number of hydrogen-bond donors (Lipinski definition) is 1. The van der Waals surface area contributed by atoms with E-state index in [-0.39, 0.29) is 11.1 Å². The zero-order valence-electron chi connectivity index (χ0n) is 16.0. The van der Waals surface area contributed by atoms with Crippen molar-refractivity contribution in [3.63, 3.8) is 0 Å². The van der Waals surface area contributed by atoms with Crippen LogP contribution in [-0.4, -0.2) is 37.7 Å². The molecule has 7 heteroatoms. The standard InChI is InChI=1S/C21H23N5O2/c1-21(2)13-25(12-17(27)15-6-4-3-5-7-15)19-23-18(16-8-10-22-11-9-16)24-20(28)26(19)14-21/h3-11,17,27H,12-14H2,1-2H3/t17-/m1/s1. The van der Waals surface area contributed by atoms with Gasteiger partial charge in [-0.15, -0.1) is 0 Å². The molecule has 0 bridgehead atoms. The number of benzene rings is 1. The zero-order chi connectivity index (χ0) is 19.7. The molecule has 2 aromatic heterocycles. The Morgan fingerprint density at radius 2 is 1.79 bits per heavy atom. The van der Waals surface area contributed by atoms with E-state index in [0.29, 0.717) is 31.4 Å². The van der Waals surface area contributed by atoms with Gasteiger partial charge in [0.05, 0.1) is 12.6 Å². The highest BCUT2D eigenvalue weighted by Gasteiger charge is 2.33. The van der Waals surface area contributed by atoms with Gasteiger partial charge < -0.3 is 10.0 Å². The van der Waals surface area contributed by atoms with Gasteiger partial charge in [0.25, 0.3) is 0 Å². The number of anilines is 1. The SMILES string of the molecule is CC1(C)CN(C[C@@H](O)c2ccccc2)c2nc(-c3ccncc3)nc(=O)n2C1. The van der Waals surface area contributed by atoms with Crippen LogP contribution in [0.2, 0.25) is 0 Å². The summed E-state index contributed by atoms with van der Waals surface area (Å²) in [5.41, 5.74) is 1.10. The minimum atomic E-state index is -0.682. The van der Waals surface area contributed by atoms with Crippen LogP contribution in [0.25, 0.3) is 11.4 Å². The molecule has 1 N–H and O–H groups in total. The van der Waals surface area contributed by atoms with Gasteiger partial charge in [0.2, 0.25) is 5.95 Å². The van der Waals surface area contributed by atoms with Gasteiger partial charge in [-0.05, 0) is 17.7 Å². The minimum absolute atomic E-state index is 0.144. The van der Waals surface area contributed by atoms with Crippen LogP contribution in [0, 0.1) is 5.41 Å². The van der Waals surface area contributed by atoms with Crippen LogP contribution < -0.4 is 10.6 Å². The van der Waals surface area contributed by atoms with Gasteiger partial charge in [-0.3, -0.25) is 9.55 Å². The quantitative estimate of drug-likeness (QED) is 0.751. The summed E-state index contributed by atoms with van der Waals surface area (Å²) in [4.78, 5) is 27.6. The first-order valence-electron chi connectivity index (χ1n) is 9.30. The number of aliphatic hydroxyl groups is 1. The highest BCUT2D eigenvalue weighted by molar-refractivity contribution is 5.55. The molecule has 7 nitrogen and oxygen atoms in total. The molecular weight excluding hydrogens is 354 g/mol. The number of rotatable bonds is 4. The lowest BCUT2D eigenvalue weighted by atomic mass is 9.91. The molecule has 0 fully saturated rings. The van der Waals surface area contributed by atoms with Crippen LogP contribution >= 0.6 is 0 Å². The smallest absolute Gasteiger partial charge is 0.352 e. The molecule has 144 valence electrons. The molecule has 0 saturated carbocycles. The summed E-state index contributed by atoms with van der Waals surface area (Å²) in [6, 6.07) is 13.1. The third-order valence-corrected chi connectivity index (χ3v) is 4.88. The molecule has 0 amide bonds. The number of aromatic nitrogens is 4. The predicted molar refractivity (Wildman–Crippen MR) is 107 cm³/mol. The maximum Gasteiger partial charge on any atom is 0.352 e. The van der Waals surface area contributed by atoms with Gasteiger partial charge in [0.1, 0.15) is 0 Å². The number of hydrogen-bond acceptors (Lipinski definition) is 6. The molecule has 1 atom stereocenters. The number of fused-ring (bicyclic) bond motifs is 1. The third kappa shape index (κ3) is 3.66. The molecule has 4 rings (SSSR count). The molecule has 0 saturated heterocycles. The first-order chi connectivity index (χ1) is 13.4. The van der Waals surface area contributed by atoms with E-state index in [0.717, 1.165) is 11.1 Å². The number of pyridine rings is 1. The number of aliphatic hydroxyl groups excluding tert-OH is 1. The average Bonchev–Trinajstić information content (AvgIpc) is 2.69. The molecule has 0 unspecified atom stereocenters. The van der Waals surface area contributed by atoms with Crippen molar-refractivity contribution in [2.24, 2.45) is 5.41 Å². The Labute approximate surface area is 163 Å². The molecule has 3 heterocycles. The first-order valence-corrected chi connectivity index (χ1v) is 9.30. The monoisotopic (exact) mass is 377 g/mol. The molecule has 1 aromatic carbocycles. The van der Waals surface area contributed by atoms with E-state index in [2.05, 4.69) is 28.8 Å². The fourth-order valence-corrected chi connectivity index (χ4v) is 3.63. The fourth-order valence-electron chi connectivity index (χ4n) is 3.63. The Hall–Kier alpha value is -3.06. The molecule has 3 aromatic rings. The van der Waals surface area contributed by atoms with Crippen molar-refractivity contribution in [2.75, 3.05) is 18.0 Å². The lowest BCUT2D eigenvalue weighted by molar-refractivity contribution is 0.171. The maximum atomic E-state index is 12.8. The topological polar surface area (TPSA) is 84.1 Å². The number of nitrogens with zero attached hydrogens (tertiary/aromatic N) is 5. The minimum Gasteiger partial charge on any atom is -0.387 e. The normalized spacial score (nSPS) is 16.5. The van der Waals surface area contributed by atoms with Gasteiger partial charge in [-0.25, -0.2) is 4.79 Å². The summed E-state index contributed by atoms with van der Waals surface area (Å²) < 4.78 is 1.60. The molecule has 1 aliphatic heterocycles. The van der Waals surface area contributed by atoms with Crippen LogP contribution in [0.4, 0.5) is 5.95 Å². The Morgan fingerprint density at radius 3 is 2.50 bits per heavy atom. The van der Waals surface area contributed by atoms with E-state index in [1.165, 1.54) is 0 Å². The van der Waals surface area contributed by atoms with Crippen LogP contribution in [-0.2, 0) is 6.54 Å². The summed E-state index contributed by atoms with van der Waals surface area (Å²) in [5, 5.41) is 10.7. The zero-order valence-corrected chi connectivity index (χ0v) is 16.0. The number of β-amino-alcohol motifs (C(OH)–C–C–N with tert-alkyl or cyclic N) is 1. The molecule has 1 aliphatic rings. The molecular formula is C21H23N5O2. The predicted octanol–water partition coefficient (Wildman–Crippen LogP) is 2.28. The Bertz CT molecular complexity index is 1020. The van der Waals surface area contributed by atoms with E-state index >= 15 is 0 Å². The van der Waals surface area contributed by atoms with Crippen molar-refractivity contribution in [2.45, 2.75) is 26.5 Å². The summed E-state index contributed by atoms with van der Waals surface area (Å²) in [5.74, 6) is 0.915. The molecule has 0 aliphatic carbocycles. The largest absolute Gasteiger partial charge is 0.387 e. The fraction of sp³-hybridized carbons (Fsp3) is 0.333. The lowest BCUT2D eigenvalue weighted by Gasteiger charge is -2.40. The van der Waals surface area contributed by atoms with Gasteiger partial charge in [-0.1, -0.05) is 44.2 Å². The van der Waals surface area contributed by atoms with E-state index in [9.17, 15) is 9.90 Å². The van der Waals surface area contributed by atoms with Crippen molar-refractivity contribution in [1.82, 2.24) is 19.5 Å². The second-order valence-electron chi connectivity index (χ2n) is 7.92. The second-order valence-corrected chi connectivity index (χ2v) is 7.92. The Kier molecular flexibility index (Phi) is 4.68. The van der Waals surface area contributed by atoms with Crippen LogP contribution in [0.3, 0.4) is 0 Å². The van der Waals surface area contributed by atoms with Crippen LogP contribution in [0.1, 0.15) is 25.5 Å². The van der Waals surface area contributed by atoms with E-state index < -0.39 is 6.10 Å².